The number of methoxy groups -OCH3 is 2. The van der Waals surface area contributed by atoms with Crippen molar-refractivity contribution in [3.8, 4) is 17.2 Å². The first kappa shape index (κ1) is 23.8. The zero-order valence-corrected chi connectivity index (χ0v) is 19.7. The van der Waals surface area contributed by atoms with Crippen molar-refractivity contribution in [2.75, 3.05) is 19.1 Å². The zero-order valence-electron chi connectivity index (χ0n) is 18.9. The van der Waals surface area contributed by atoms with E-state index in [0.717, 1.165) is 10.5 Å². The molecule has 0 radical (unpaired) electrons. The van der Waals surface area contributed by atoms with Gasteiger partial charge in [0.2, 0.25) is 0 Å². The molecular formula is C26H21ClN2O6. The first-order valence-corrected chi connectivity index (χ1v) is 10.9. The van der Waals surface area contributed by atoms with Crippen molar-refractivity contribution in [3.63, 3.8) is 0 Å². The maximum absolute atomic E-state index is 13.3. The Labute approximate surface area is 206 Å². The number of amides is 4. The van der Waals surface area contributed by atoms with Crippen LogP contribution in [-0.4, -0.2) is 32.1 Å². The Bertz CT molecular complexity index is 1310. The van der Waals surface area contributed by atoms with Gasteiger partial charge in [0.05, 0.1) is 24.9 Å². The number of nitrogens with one attached hydrogen (secondary N) is 1. The Morgan fingerprint density at radius 2 is 1.60 bits per heavy atom. The van der Waals surface area contributed by atoms with Crippen molar-refractivity contribution in [1.29, 1.82) is 0 Å². The maximum atomic E-state index is 13.3. The second-order valence-electron chi connectivity index (χ2n) is 7.46. The van der Waals surface area contributed by atoms with E-state index in [0.29, 0.717) is 17.9 Å². The average Bonchev–Trinajstić information content (AvgIpc) is 2.87. The second kappa shape index (κ2) is 10.3. The molecule has 0 aromatic heterocycles. The number of urea groups is 1. The van der Waals surface area contributed by atoms with Gasteiger partial charge in [0, 0.05) is 12.1 Å². The third-order valence-electron chi connectivity index (χ3n) is 5.24. The van der Waals surface area contributed by atoms with E-state index in [9.17, 15) is 14.4 Å². The van der Waals surface area contributed by atoms with Gasteiger partial charge in [-0.2, -0.15) is 0 Å². The van der Waals surface area contributed by atoms with Crippen LogP contribution < -0.4 is 24.4 Å². The SMILES string of the molecule is COc1cc(N2C(=O)NC(=O)/C(=C/c3ccc(OCc4ccccc4)cc3)C2=O)c(OC)cc1Cl. The Hall–Kier alpha value is -4.30. The number of halogens is 1. The fraction of sp³-hybridized carbons (Fsp3) is 0.115. The number of benzene rings is 3. The standard InChI is InChI=1S/C26H21ClN2O6/c1-33-22-14-21(23(34-2)13-20(22)27)29-25(31)19(24(30)28-26(29)32)12-16-8-10-18(11-9-16)35-15-17-6-4-3-5-7-17/h3-14H,15H2,1-2H3,(H,28,30,32)/b19-12-. The van der Waals surface area contributed by atoms with Crippen LogP contribution >= 0.6 is 11.6 Å². The van der Waals surface area contributed by atoms with Gasteiger partial charge in [-0.05, 0) is 29.3 Å². The third kappa shape index (κ3) is 5.12. The van der Waals surface area contributed by atoms with E-state index in [1.165, 1.54) is 32.4 Å². The van der Waals surface area contributed by atoms with E-state index < -0.39 is 17.8 Å². The van der Waals surface area contributed by atoms with Crippen LogP contribution in [0, 0.1) is 0 Å². The predicted octanol–water partition coefficient (Wildman–Crippen LogP) is 4.60. The Kier molecular flexibility index (Phi) is 7.03. The molecule has 1 saturated heterocycles. The van der Waals surface area contributed by atoms with Crippen LogP contribution in [0.5, 0.6) is 17.2 Å². The lowest BCUT2D eigenvalue weighted by Crippen LogP contribution is -2.54. The van der Waals surface area contributed by atoms with Crippen molar-refractivity contribution in [2.45, 2.75) is 6.61 Å². The number of carbonyl (C=O) groups excluding carboxylic acids is 3. The van der Waals surface area contributed by atoms with Crippen LogP contribution in [-0.2, 0) is 16.2 Å². The molecule has 1 aliphatic heterocycles. The van der Waals surface area contributed by atoms with Gasteiger partial charge >= 0.3 is 6.03 Å². The molecule has 0 saturated carbocycles. The molecule has 3 aromatic rings. The molecule has 9 heteroatoms. The van der Waals surface area contributed by atoms with E-state index >= 15 is 0 Å². The number of nitrogens with zero attached hydrogens (tertiary/aromatic N) is 1. The topological polar surface area (TPSA) is 94.2 Å². The van der Waals surface area contributed by atoms with E-state index in [1.807, 2.05) is 30.3 Å². The first-order chi connectivity index (χ1) is 16.9. The summed E-state index contributed by atoms with van der Waals surface area (Å²) in [7, 11) is 2.77. The van der Waals surface area contributed by atoms with Crippen LogP contribution in [0.1, 0.15) is 11.1 Å². The summed E-state index contributed by atoms with van der Waals surface area (Å²) < 4.78 is 16.3. The summed E-state index contributed by atoms with van der Waals surface area (Å²) in [4.78, 5) is 39.2. The molecule has 0 aliphatic carbocycles. The Morgan fingerprint density at radius 1 is 0.914 bits per heavy atom. The minimum absolute atomic E-state index is 0.0827. The molecular weight excluding hydrogens is 472 g/mol. The highest BCUT2D eigenvalue weighted by Crippen LogP contribution is 2.39. The minimum atomic E-state index is -0.913. The van der Waals surface area contributed by atoms with Crippen LogP contribution in [0.25, 0.3) is 6.08 Å². The molecule has 0 atom stereocenters. The number of hydrogen-bond acceptors (Lipinski definition) is 6. The minimum Gasteiger partial charge on any atom is -0.495 e. The molecule has 0 spiro atoms. The molecule has 4 amide bonds. The van der Waals surface area contributed by atoms with Gasteiger partial charge in [-0.3, -0.25) is 14.9 Å². The summed E-state index contributed by atoms with van der Waals surface area (Å²) in [5.74, 6) is -0.596. The van der Waals surface area contributed by atoms with Crippen molar-refractivity contribution in [1.82, 2.24) is 5.32 Å². The smallest absolute Gasteiger partial charge is 0.336 e. The highest BCUT2D eigenvalue weighted by molar-refractivity contribution is 6.39. The van der Waals surface area contributed by atoms with Crippen LogP contribution in [0.15, 0.2) is 72.3 Å². The predicted molar refractivity (Wildman–Crippen MR) is 131 cm³/mol. The van der Waals surface area contributed by atoms with Crippen molar-refractivity contribution in [3.05, 3.63) is 88.5 Å². The van der Waals surface area contributed by atoms with Gasteiger partial charge in [-0.1, -0.05) is 54.1 Å². The normalized spacial score (nSPS) is 14.7. The van der Waals surface area contributed by atoms with Crippen LogP contribution in [0.2, 0.25) is 5.02 Å². The number of imide groups is 2. The van der Waals surface area contributed by atoms with Gasteiger partial charge in [-0.25, -0.2) is 9.69 Å². The molecule has 8 nitrogen and oxygen atoms in total. The fourth-order valence-electron chi connectivity index (χ4n) is 3.46. The number of rotatable bonds is 7. The highest BCUT2D eigenvalue weighted by Gasteiger charge is 2.38. The lowest BCUT2D eigenvalue weighted by Gasteiger charge is -2.28. The van der Waals surface area contributed by atoms with Crippen molar-refractivity contribution in [2.24, 2.45) is 0 Å². The van der Waals surface area contributed by atoms with Gasteiger partial charge in [0.15, 0.2) is 0 Å². The van der Waals surface area contributed by atoms with Gasteiger partial charge < -0.3 is 14.2 Å². The van der Waals surface area contributed by atoms with E-state index in [2.05, 4.69) is 5.32 Å². The summed E-state index contributed by atoms with van der Waals surface area (Å²) in [6.07, 6.45) is 1.40. The fourth-order valence-corrected chi connectivity index (χ4v) is 3.69. The molecule has 1 fully saturated rings. The molecule has 0 bridgehead atoms. The van der Waals surface area contributed by atoms with Crippen molar-refractivity contribution >= 4 is 41.2 Å². The van der Waals surface area contributed by atoms with Gasteiger partial charge in [-0.15, -0.1) is 0 Å². The molecule has 1 aliphatic rings. The molecule has 4 rings (SSSR count). The summed E-state index contributed by atoms with van der Waals surface area (Å²) in [6, 6.07) is 18.5. The van der Waals surface area contributed by atoms with E-state index in [-0.39, 0.29) is 27.8 Å². The second-order valence-corrected chi connectivity index (χ2v) is 7.87. The third-order valence-corrected chi connectivity index (χ3v) is 5.53. The van der Waals surface area contributed by atoms with Crippen molar-refractivity contribution < 1.29 is 28.6 Å². The first-order valence-electron chi connectivity index (χ1n) is 10.5. The number of anilines is 1. The molecule has 178 valence electrons. The molecule has 0 unspecified atom stereocenters. The lowest BCUT2D eigenvalue weighted by molar-refractivity contribution is -0.122. The monoisotopic (exact) mass is 492 g/mol. The maximum Gasteiger partial charge on any atom is 0.336 e. The quantitative estimate of drug-likeness (QED) is 0.382. The van der Waals surface area contributed by atoms with Gasteiger partial charge in [0.25, 0.3) is 11.8 Å². The summed E-state index contributed by atoms with van der Waals surface area (Å²) in [5, 5.41) is 2.42. The molecule has 35 heavy (non-hydrogen) atoms. The molecule has 1 heterocycles. The van der Waals surface area contributed by atoms with Gasteiger partial charge in [0.1, 0.15) is 29.4 Å². The lowest BCUT2D eigenvalue weighted by atomic mass is 10.1. The largest absolute Gasteiger partial charge is 0.495 e. The number of ether oxygens (including phenoxy) is 3. The molecule has 3 aromatic carbocycles. The number of carbonyl (C=O) groups is 3. The van der Waals surface area contributed by atoms with E-state index in [1.54, 1.807) is 24.3 Å². The summed E-state index contributed by atoms with van der Waals surface area (Å²) >= 11 is 6.14. The van der Waals surface area contributed by atoms with Crippen LogP contribution in [0.4, 0.5) is 10.5 Å². The average molecular weight is 493 g/mol. The Morgan fingerprint density at radius 3 is 2.26 bits per heavy atom. The highest BCUT2D eigenvalue weighted by atomic mass is 35.5. The number of barbiturate groups is 1. The summed E-state index contributed by atoms with van der Waals surface area (Å²) in [6.45, 7) is 0.408. The Balaban J connectivity index is 1.59. The molecule has 1 N–H and O–H groups in total. The number of hydrogen-bond donors (Lipinski definition) is 1. The summed E-state index contributed by atoms with van der Waals surface area (Å²) in [5.41, 5.74) is 1.46. The van der Waals surface area contributed by atoms with E-state index in [4.69, 9.17) is 25.8 Å². The zero-order chi connectivity index (χ0) is 24.9. The van der Waals surface area contributed by atoms with Crippen LogP contribution in [0.3, 0.4) is 0 Å².